The third-order valence-electron chi connectivity index (χ3n) is 3.80. The molecular formula is C15H22F2N2O. The van der Waals surface area contributed by atoms with E-state index in [-0.39, 0.29) is 5.56 Å². The summed E-state index contributed by atoms with van der Waals surface area (Å²) in [6.07, 6.45) is 1.50. The monoisotopic (exact) mass is 284 g/mol. The second-order valence-corrected chi connectivity index (χ2v) is 5.49. The molecule has 1 unspecified atom stereocenters. The SMILES string of the molecule is CN(CCN1CCCC1)CC(O)c1cc(F)ccc1F. The van der Waals surface area contributed by atoms with Crippen LogP contribution in [0.4, 0.5) is 8.78 Å². The zero-order chi connectivity index (χ0) is 14.5. The molecule has 1 aromatic rings. The summed E-state index contributed by atoms with van der Waals surface area (Å²) >= 11 is 0. The third-order valence-corrected chi connectivity index (χ3v) is 3.80. The third kappa shape index (κ3) is 4.23. The second kappa shape index (κ2) is 7.11. The lowest BCUT2D eigenvalue weighted by molar-refractivity contribution is 0.117. The Balaban J connectivity index is 1.83. The molecular weight excluding hydrogens is 262 g/mol. The van der Waals surface area contributed by atoms with Crippen molar-refractivity contribution in [1.82, 2.24) is 9.80 Å². The quantitative estimate of drug-likeness (QED) is 0.866. The van der Waals surface area contributed by atoms with Gasteiger partial charge < -0.3 is 14.9 Å². The molecule has 0 bridgehead atoms. The van der Waals surface area contributed by atoms with Gasteiger partial charge >= 0.3 is 0 Å². The largest absolute Gasteiger partial charge is 0.387 e. The molecule has 0 radical (unpaired) electrons. The summed E-state index contributed by atoms with van der Waals surface area (Å²) in [5.74, 6) is -1.09. The van der Waals surface area contributed by atoms with E-state index in [2.05, 4.69) is 4.90 Å². The molecule has 1 atom stereocenters. The first-order valence-electron chi connectivity index (χ1n) is 7.10. The number of rotatable bonds is 6. The molecule has 0 aromatic heterocycles. The summed E-state index contributed by atoms with van der Waals surface area (Å²) in [7, 11) is 1.89. The highest BCUT2D eigenvalue weighted by Crippen LogP contribution is 2.19. The van der Waals surface area contributed by atoms with Crippen LogP contribution in [0.25, 0.3) is 0 Å². The van der Waals surface area contributed by atoms with Gasteiger partial charge in [0.1, 0.15) is 11.6 Å². The van der Waals surface area contributed by atoms with E-state index in [0.717, 1.165) is 44.4 Å². The van der Waals surface area contributed by atoms with E-state index in [4.69, 9.17) is 0 Å². The number of likely N-dealkylation sites (N-methyl/N-ethyl adjacent to an activating group) is 1. The van der Waals surface area contributed by atoms with Gasteiger partial charge in [-0.2, -0.15) is 0 Å². The van der Waals surface area contributed by atoms with Gasteiger partial charge in [-0.15, -0.1) is 0 Å². The summed E-state index contributed by atoms with van der Waals surface area (Å²) < 4.78 is 26.6. The molecule has 0 aliphatic carbocycles. The average molecular weight is 284 g/mol. The molecule has 1 aliphatic rings. The van der Waals surface area contributed by atoms with Gasteiger partial charge in [0.05, 0.1) is 6.10 Å². The van der Waals surface area contributed by atoms with Crippen molar-refractivity contribution < 1.29 is 13.9 Å². The highest BCUT2D eigenvalue weighted by Gasteiger charge is 2.17. The van der Waals surface area contributed by atoms with E-state index in [1.807, 2.05) is 11.9 Å². The van der Waals surface area contributed by atoms with Gasteiger partial charge in [-0.1, -0.05) is 0 Å². The van der Waals surface area contributed by atoms with Crippen molar-refractivity contribution in [3.8, 4) is 0 Å². The molecule has 1 aromatic carbocycles. The maximum absolute atomic E-state index is 13.5. The number of likely N-dealkylation sites (tertiary alicyclic amines) is 1. The van der Waals surface area contributed by atoms with Crippen LogP contribution in [0.2, 0.25) is 0 Å². The lowest BCUT2D eigenvalue weighted by Gasteiger charge is -2.23. The average Bonchev–Trinajstić information content (AvgIpc) is 2.92. The summed E-state index contributed by atoms with van der Waals surface area (Å²) in [4.78, 5) is 4.33. The number of nitrogens with zero attached hydrogens (tertiary/aromatic N) is 2. The molecule has 0 amide bonds. The topological polar surface area (TPSA) is 26.7 Å². The number of benzene rings is 1. The van der Waals surface area contributed by atoms with Crippen molar-refractivity contribution in [2.75, 3.05) is 39.8 Å². The molecule has 0 spiro atoms. The van der Waals surface area contributed by atoms with Crippen molar-refractivity contribution in [2.45, 2.75) is 18.9 Å². The minimum atomic E-state index is -1.01. The summed E-state index contributed by atoms with van der Waals surface area (Å²) in [6.45, 7) is 4.33. The van der Waals surface area contributed by atoms with Crippen LogP contribution < -0.4 is 0 Å². The lowest BCUT2D eigenvalue weighted by Crippen LogP contribution is -2.33. The zero-order valence-corrected chi connectivity index (χ0v) is 11.9. The fraction of sp³-hybridized carbons (Fsp3) is 0.600. The van der Waals surface area contributed by atoms with Crippen LogP contribution in [0.5, 0.6) is 0 Å². The van der Waals surface area contributed by atoms with Gasteiger partial charge in [-0.3, -0.25) is 0 Å². The Morgan fingerprint density at radius 3 is 2.70 bits per heavy atom. The fourth-order valence-corrected chi connectivity index (χ4v) is 2.57. The Bertz CT molecular complexity index is 436. The van der Waals surface area contributed by atoms with E-state index in [0.29, 0.717) is 6.54 Å². The van der Waals surface area contributed by atoms with Crippen LogP contribution in [0.15, 0.2) is 18.2 Å². The van der Waals surface area contributed by atoms with Gasteiger partial charge in [0, 0.05) is 25.2 Å². The molecule has 1 heterocycles. The van der Waals surface area contributed by atoms with Crippen LogP contribution in [-0.2, 0) is 0 Å². The maximum atomic E-state index is 13.5. The van der Waals surface area contributed by atoms with E-state index >= 15 is 0 Å². The summed E-state index contributed by atoms with van der Waals surface area (Å²) in [6, 6.07) is 3.18. The van der Waals surface area contributed by atoms with Gasteiger partial charge in [-0.05, 0) is 51.2 Å². The van der Waals surface area contributed by atoms with Crippen LogP contribution in [-0.4, -0.2) is 54.7 Å². The van der Waals surface area contributed by atoms with Crippen molar-refractivity contribution in [2.24, 2.45) is 0 Å². The number of hydrogen-bond donors (Lipinski definition) is 1. The molecule has 1 aliphatic heterocycles. The first-order chi connectivity index (χ1) is 9.56. The van der Waals surface area contributed by atoms with Gasteiger partial charge in [0.2, 0.25) is 0 Å². The van der Waals surface area contributed by atoms with Crippen molar-refractivity contribution in [1.29, 1.82) is 0 Å². The Hall–Kier alpha value is -1.04. The van der Waals surface area contributed by atoms with Crippen LogP contribution in [0.1, 0.15) is 24.5 Å². The summed E-state index contributed by atoms with van der Waals surface area (Å²) in [5.41, 5.74) is 0.0259. The molecule has 1 fully saturated rings. The number of halogens is 2. The maximum Gasteiger partial charge on any atom is 0.129 e. The van der Waals surface area contributed by atoms with E-state index in [1.165, 1.54) is 12.8 Å². The molecule has 1 saturated heterocycles. The molecule has 5 heteroatoms. The van der Waals surface area contributed by atoms with Gasteiger partial charge in [0.15, 0.2) is 0 Å². The van der Waals surface area contributed by atoms with Crippen LogP contribution >= 0.6 is 0 Å². The lowest BCUT2D eigenvalue weighted by atomic mass is 10.1. The zero-order valence-electron chi connectivity index (χ0n) is 11.9. The molecule has 3 nitrogen and oxygen atoms in total. The highest BCUT2D eigenvalue weighted by atomic mass is 19.1. The number of hydrogen-bond acceptors (Lipinski definition) is 3. The van der Waals surface area contributed by atoms with Crippen molar-refractivity contribution >= 4 is 0 Å². The molecule has 20 heavy (non-hydrogen) atoms. The Labute approximate surface area is 118 Å². The Morgan fingerprint density at radius 2 is 2.00 bits per heavy atom. The molecule has 112 valence electrons. The number of aliphatic hydroxyl groups excluding tert-OH is 1. The molecule has 2 rings (SSSR count). The predicted molar refractivity (Wildman–Crippen MR) is 74.5 cm³/mol. The van der Waals surface area contributed by atoms with Crippen molar-refractivity contribution in [3.05, 3.63) is 35.4 Å². The number of aliphatic hydroxyl groups is 1. The second-order valence-electron chi connectivity index (χ2n) is 5.49. The molecule has 0 saturated carbocycles. The summed E-state index contributed by atoms with van der Waals surface area (Å²) in [5, 5.41) is 10.0. The minimum Gasteiger partial charge on any atom is -0.387 e. The first kappa shape index (κ1) is 15.4. The van der Waals surface area contributed by atoms with Crippen molar-refractivity contribution in [3.63, 3.8) is 0 Å². The smallest absolute Gasteiger partial charge is 0.129 e. The van der Waals surface area contributed by atoms with Gasteiger partial charge in [-0.25, -0.2) is 8.78 Å². The van der Waals surface area contributed by atoms with Crippen LogP contribution in [0, 0.1) is 11.6 Å². The van der Waals surface area contributed by atoms with Crippen LogP contribution in [0.3, 0.4) is 0 Å². The Morgan fingerprint density at radius 1 is 1.30 bits per heavy atom. The predicted octanol–water partition coefficient (Wildman–Crippen LogP) is 2.03. The van der Waals surface area contributed by atoms with E-state index < -0.39 is 17.7 Å². The highest BCUT2D eigenvalue weighted by molar-refractivity contribution is 5.21. The normalized spacial score (nSPS) is 17.9. The minimum absolute atomic E-state index is 0.0259. The standard InChI is InChI=1S/C15H22F2N2O/c1-18(8-9-19-6-2-3-7-19)11-15(20)13-10-12(16)4-5-14(13)17/h4-5,10,15,20H,2-3,6-9,11H2,1H3. The van der Waals surface area contributed by atoms with E-state index in [1.54, 1.807) is 0 Å². The molecule has 1 N–H and O–H groups in total. The van der Waals surface area contributed by atoms with Gasteiger partial charge in [0.25, 0.3) is 0 Å². The Kier molecular flexibility index (Phi) is 5.46. The first-order valence-corrected chi connectivity index (χ1v) is 7.10. The fourth-order valence-electron chi connectivity index (χ4n) is 2.57. The van der Waals surface area contributed by atoms with E-state index in [9.17, 15) is 13.9 Å².